The van der Waals surface area contributed by atoms with Crippen LogP contribution in [0.2, 0.25) is 0 Å². The average Bonchev–Trinajstić information content (AvgIpc) is 2.87. The maximum absolute atomic E-state index is 9.93. The zero-order valence-corrected chi connectivity index (χ0v) is 11.6. The van der Waals surface area contributed by atoms with Gasteiger partial charge in [0, 0.05) is 13.1 Å². The van der Waals surface area contributed by atoms with Crippen molar-refractivity contribution in [1.82, 2.24) is 5.32 Å². The molecule has 1 aromatic heterocycles. The third-order valence-corrected chi connectivity index (χ3v) is 3.87. The molecule has 0 aliphatic carbocycles. The number of rotatable bonds is 5. The highest BCUT2D eigenvalue weighted by atomic mass is 32.1. The zero-order valence-electron chi connectivity index (χ0n) is 10.8. The van der Waals surface area contributed by atoms with E-state index in [2.05, 4.69) is 37.4 Å². The van der Waals surface area contributed by atoms with Crippen LogP contribution in [0.4, 0.5) is 0 Å². The first-order chi connectivity index (χ1) is 8.66. The SMILES string of the molecule is Cc1ccc(CNCC(O)c2ccsc2)cc1C. The van der Waals surface area contributed by atoms with Crippen LogP contribution in [0.1, 0.15) is 28.4 Å². The molecule has 0 aliphatic rings. The van der Waals surface area contributed by atoms with Crippen LogP contribution in [0.5, 0.6) is 0 Å². The minimum Gasteiger partial charge on any atom is -0.387 e. The lowest BCUT2D eigenvalue weighted by atomic mass is 10.1. The number of hydrogen-bond donors (Lipinski definition) is 2. The number of aliphatic hydroxyl groups is 1. The molecule has 18 heavy (non-hydrogen) atoms. The van der Waals surface area contributed by atoms with Gasteiger partial charge in [0.15, 0.2) is 0 Å². The van der Waals surface area contributed by atoms with Gasteiger partial charge < -0.3 is 10.4 Å². The van der Waals surface area contributed by atoms with Crippen molar-refractivity contribution < 1.29 is 5.11 Å². The molecule has 2 nitrogen and oxygen atoms in total. The van der Waals surface area contributed by atoms with Gasteiger partial charge in [-0.1, -0.05) is 18.2 Å². The van der Waals surface area contributed by atoms with E-state index in [4.69, 9.17) is 0 Å². The fraction of sp³-hybridized carbons (Fsp3) is 0.333. The van der Waals surface area contributed by atoms with Gasteiger partial charge in [-0.05, 0) is 52.9 Å². The van der Waals surface area contributed by atoms with Gasteiger partial charge in [-0.3, -0.25) is 0 Å². The van der Waals surface area contributed by atoms with Crippen LogP contribution in [0.3, 0.4) is 0 Å². The maximum atomic E-state index is 9.93. The minimum atomic E-state index is -0.414. The van der Waals surface area contributed by atoms with E-state index in [0.717, 1.165) is 12.1 Å². The normalized spacial score (nSPS) is 12.6. The topological polar surface area (TPSA) is 32.3 Å². The van der Waals surface area contributed by atoms with E-state index in [0.29, 0.717) is 6.54 Å². The molecular weight excluding hydrogens is 242 g/mol. The summed E-state index contributed by atoms with van der Waals surface area (Å²) in [5.74, 6) is 0. The first kappa shape index (κ1) is 13.3. The van der Waals surface area contributed by atoms with Crippen molar-refractivity contribution in [3.05, 3.63) is 57.3 Å². The molecule has 0 bridgehead atoms. The maximum Gasteiger partial charge on any atom is 0.0922 e. The van der Waals surface area contributed by atoms with Gasteiger partial charge in [0.1, 0.15) is 0 Å². The van der Waals surface area contributed by atoms with Crippen LogP contribution in [-0.2, 0) is 6.54 Å². The number of aliphatic hydroxyl groups excluding tert-OH is 1. The van der Waals surface area contributed by atoms with Crippen molar-refractivity contribution in [2.45, 2.75) is 26.5 Å². The predicted molar refractivity (Wildman–Crippen MR) is 76.9 cm³/mol. The van der Waals surface area contributed by atoms with Crippen LogP contribution in [0.15, 0.2) is 35.0 Å². The van der Waals surface area contributed by atoms with Gasteiger partial charge in [0.05, 0.1) is 6.10 Å². The Kier molecular flexibility index (Phi) is 4.53. The molecule has 0 amide bonds. The van der Waals surface area contributed by atoms with Crippen LogP contribution >= 0.6 is 11.3 Å². The van der Waals surface area contributed by atoms with Gasteiger partial charge in [0.25, 0.3) is 0 Å². The van der Waals surface area contributed by atoms with Crippen molar-refractivity contribution in [3.63, 3.8) is 0 Å². The second-order valence-electron chi connectivity index (χ2n) is 4.62. The van der Waals surface area contributed by atoms with Gasteiger partial charge in [-0.2, -0.15) is 11.3 Å². The monoisotopic (exact) mass is 261 g/mol. The van der Waals surface area contributed by atoms with E-state index in [1.165, 1.54) is 16.7 Å². The molecule has 0 saturated carbocycles. The molecule has 1 aromatic carbocycles. The molecule has 1 atom stereocenters. The van der Waals surface area contributed by atoms with E-state index in [-0.39, 0.29) is 0 Å². The summed E-state index contributed by atoms with van der Waals surface area (Å²) < 4.78 is 0. The standard InChI is InChI=1S/C15H19NOS/c1-11-3-4-13(7-12(11)2)8-16-9-15(17)14-5-6-18-10-14/h3-7,10,15-17H,8-9H2,1-2H3. The van der Waals surface area contributed by atoms with Crippen molar-refractivity contribution >= 4 is 11.3 Å². The van der Waals surface area contributed by atoms with E-state index in [1.54, 1.807) is 11.3 Å². The van der Waals surface area contributed by atoms with E-state index >= 15 is 0 Å². The Balaban J connectivity index is 1.83. The van der Waals surface area contributed by atoms with Gasteiger partial charge in [0.2, 0.25) is 0 Å². The quantitative estimate of drug-likeness (QED) is 0.866. The fourth-order valence-corrected chi connectivity index (χ4v) is 2.56. The summed E-state index contributed by atoms with van der Waals surface area (Å²) in [5, 5.41) is 17.2. The number of aryl methyl sites for hydroxylation is 2. The van der Waals surface area contributed by atoms with Gasteiger partial charge >= 0.3 is 0 Å². The molecule has 96 valence electrons. The summed E-state index contributed by atoms with van der Waals surface area (Å²) in [7, 11) is 0. The first-order valence-electron chi connectivity index (χ1n) is 6.14. The molecular formula is C15H19NOS. The Hall–Kier alpha value is -1.16. The molecule has 2 rings (SSSR count). The van der Waals surface area contributed by atoms with Crippen molar-refractivity contribution in [2.24, 2.45) is 0 Å². The summed E-state index contributed by atoms with van der Waals surface area (Å²) in [5.41, 5.74) is 4.88. The van der Waals surface area contributed by atoms with Crippen molar-refractivity contribution in [1.29, 1.82) is 0 Å². The highest BCUT2D eigenvalue weighted by Gasteiger charge is 2.06. The molecule has 2 N–H and O–H groups in total. The number of thiophene rings is 1. The molecule has 2 aromatic rings. The predicted octanol–water partition coefficient (Wildman–Crippen LogP) is 3.19. The second-order valence-corrected chi connectivity index (χ2v) is 5.40. The molecule has 0 radical (unpaired) electrons. The Labute approximate surface area is 112 Å². The molecule has 0 fully saturated rings. The smallest absolute Gasteiger partial charge is 0.0922 e. The molecule has 1 unspecified atom stereocenters. The molecule has 0 saturated heterocycles. The summed E-state index contributed by atoms with van der Waals surface area (Å²) in [4.78, 5) is 0. The van der Waals surface area contributed by atoms with E-state index in [9.17, 15) is 5.11 Å². The van der Waals surface area contributed by atoms with Crippen LogP contribution < -0.4 is 5.32 Å². The van der Waals surface area contributed by atoms with Crippen LogP contribution in [0.25, 0.3) is 0 Å². The summed E-state index contributed by atoms with van der Waals surface area (Å²) in [6, 6.07) is 8.43. The molecule has 0 spiro atoms. The van der Waals surface area contributed by atoms with Crippen molar-refractivity contribution in [2.75, 3.05) is 6.54 Å². The lowest BCUT2D eigenvalue weighted by Gasteiger charge is -2.11. The number of hydrogen-bond acceptors (Lipinski definition) is 3. The van der Waals surface area contributed by atoms with Gasteiger partial charge in [-0.15, -0.1) is 0 Å². The third-order valence-electron chi connectivity index (χ3n) is 3.17. The zero-order chi connectivity index (χ0) is 13.0. The number of nitrogens with one attached hydrogen (secondary N) is 1. The Bertz CT molecular complexity index is 493. The Morgan fingerprint density at radius 3 is 2.72 bits per heavy atom. The highest BCUT2D eigenvalue weighted by molar-refractivity contribution is 7.07. The van der Waals surface area contributed by atoms with Crippen LogP contribution in [0, 0.1) is 13.8 Å². The lowest BCUT2D eigenvalue weighted by Crippen LogP contribution is -2.20. The minimum absolute atomic E-state index is 0.414. The summed E-state index contributed by atoms with van der Waals surface area (Å²) >= 11 is 1.61. The Morgan fingerprint density at radius 1 is 1.22 bits per heavy atom. The molecule has 1 heterocycles. The van der Waals surface area contributed by atoms with Crippen LogP contribution in [-0.4, -0.2) is 11.7 Å². The summed E-state index contributed by atoms with van der Waals surface area (Å²) in [6.45, 7) is 5.62. The Morgan fingerprint density at radius 2 is 2.06 bits per heavy atom. The van der Waals surface area contributed by atoms with E-state index in [1.807, 2.05) is 16.8 Å². The third kappa shape index (κ3) is 3.42. The second kappa shape index (κ2) is 6.14. The largest absolute Gasteiger partial charge is 0.387 e. The fourth-order valence-electron chi connectivity index (χ4n) is 1.85. The first-order valence-corrected chi connectivity index (χ1v) is 7.08. The molecule has 3 heteroatoms. The van der Waals surface area contributed by atoms with E-state index < -0.39 is 6.10 Å². The lowest BCUT2D eigenvalue weighted by molar-refractivity contribution is 0.175. The van der Waals surface area contributed by atoms with Crippen molar-refractivity contribution in [3.8, 4) is 0 Å². The van der Waals surface area contributed by atoms with Gasteiger partial charge in [-0.25, -0.2) is 0 Å². The number of benzene rings is 1. The molecule has 0 aliphatic heterocycles. The average molecular weight is 261 g/mol. The summed E-state index contributed by atoms with van der Waals surface area (Å²) in [6.07, 6.45) is -0.414. The highest BCUT2D eigenvalue weighted by Crippen LogP contribution is 2.15.